The zero-order valence-corrected chi connectivity index (χ0v) is 13.1. The molecule has 3 rings (SSSR count). The number of amides is 1. The van der Waals surface area contributed by atoms with E-state index >= 15 is 0 Å². The summed E-state index contributed by atoms with van der Waals surface area (Å²) in [5, 5.41) is 3.28. The second-order valence-electron chi connectivity index (χ2n) is 5.69. The molecule has 1 N–H and O–H groups in total. The predicted molar refractivity (Wildman–Crippen MR) is 84.8 cm³/mol. The highest BCUT2D eigenvalue weighted by Gasteiger charge is 2.35. The van der Waals surface area contributed by atoms with Crippen molar-refractivity contribution in [1.82, 2.24) is 10.2 Å². The lowest BCUT2D eigenvalue weighted by molar-refractivity contribution is -0.138. The van der Waals surface area contributed by atoms with Crippen molar-refractivity contribution in [3.63, 3.8) is 0 Å². The van der Waals surface area contributed by atoms with Crippen molar-refractivity contribution in [2.24, 2.45) is 0 Å². The first-order valence-corrected chi connectivity index (χ1v) is 7.44. The van der Waals surface area contributed by atoms with Crippen LogP contribution >= 0.6 is 12.4 Å². The summed E-state index contributed by atoms with van der Waals surface area (Å²) in [7, 11) is 0. The number of carbonyl (C=O) groups is 1. The van der Waals surface area contributed by atoms with Gasteiger partial charge in [0.1, 0.15) is 6.04 Å². The number of rotatable bonds is 2. The Morgan fingerprint density at radius 2 is 2.10 bits per heavy atom. The van der Waals surface area contributed by atoms with E-state index < -0.39 is 0 Å². The molecular weight excluding hydrogens is 288 g/mol. The van der Waals surface area contributed by atoms with Gasteiger partial charge in [0.15, 0.2) is 0 Å². The number of ether oxygens (including phenoxy) is 1. The molecule has 2 aliphatic heterocycles. The van der Waals surface area contributed by atoms with E-state index in [-0.39, 0.29) is 30.5 Å². The minimum Gasteiger partial charge on any atom is -0.375 e. The zero-order chi connectivity index (χ0) is 13.9. The van der Waals surface area contributed by atoms with Crippen LogP contribution in [0.4, 0.5) is 0 Å². The van der Waals surface area contributed by atoms with E-state index in [0.717, 1.165) is 26.1 Å². The van der Waals surface area contributed by atoms with E-state index in [1.807, 2.05) is 17.9 Å². The molecule has 0 bridgehead atoms. The van der Waals surface area contributed by atoms with Crippen molar-refractivity contribution in [2.75, 3.05) is 26.2 Å². The minimum atomic E-state index is -0.182. The lowest BCUT2D eigenvalue weighted by Gasteiger charge is -2.32. The van der Waals surface area contributed by atoms with Crippen LogP contribution in [0.25, 0.3) is 0 Å². The van der Waals surface area contributed by atoms with Crippen LogP contribution in [0, 0.1) is 0 Å². The number of halogens is 1. The van der Waals surface area contributed by atoms with Gasteiger partial charge in [-0.2, -0.15) is 0 Å². The van der Waals surface area contributed by atoms with Crippen LogP contribution in [0.1, 0.15) is 24.8 Å². The fraction of sp³-hybridized carbons (Fsp3) is 0.562. The molecule has 0 spiro atoms. The van der Waals surface area contributed by atoms with Crippen LogP contribution in [-0.2, 0) is 9.53 Å². The summed E-state index contributed by atoms with van der Waals surface area (Å²) in [5.41, 5.74) is 1.34. The molecule has 0 saturated carbocycles. The van der Waals surface area contributed by atoms with E-state index in [4.69, 9.17) is 4.74 Å². The van der Waals surface area contributed by atoms with E-state index in [9.17, 15) is 4.79 Å². The largest absolute Gasteiger partial charge is 0.375 e. The van der Waals surface area contributed by atoms with E-state index in [1.54, 1.807) is 0 Å². The topological polar surface area (TPSA) is 41.6 Å². The summed E-state index contributed by atoms with van der Waals surface area (Å²) >= 11 is 0. The van der Waals surface area contributed by atoms with Gasteiger partial charge in [0.2, 0.25) is 5.91 Å². The van der Waals surface area contributed by atoms with Gasteiger partial charge in [0.25, 0.3) is 0 Å². The Balaban J connectivity index is 0.00000161. The fourth-order valence-electron chi connectivity index (χ4n) is 3.16. The number of hydrogen-bond donors (Lipinski definition) is 1. The third kappa shape index (κ3) is 3.57. The van der Waals surface area contributed by atoms with Crippen molar-refractivity contribution < 1.29 is 9.53 Å². The maximum atomic E-state index is 12.6. The maximum absolute atomic E-state index is 12.6. The number of nitrogens with one attached hydrogen (secondary N) is 1. The van der Waals surface area contributed by atoms with Gasteiger partial charge < -0.3 is 15.0 Å². The van der Waals surface area contributed by atoms with Crippen molar-refractivity contribution in [3.8, 4) is 0 Å². The lowest BCUT2D eigenvalue weighted by atomic mass is 9.99. The molecule has 116 valence electrons. The number of likely N-dealkylation sites (tertiary alicyclic amines) is 1. The first kappa shape index (κ1) is 16.3. The Kier molecular flexibility index (Phi) is 5.62. The molecule has 1 aromatic carbocycles. The van der Waals surface area contributed by atoms with Crippen LogP contribution in [0.2, 0.25) is 0 Å². The van der Waals surface area contributed by atoms with Crippen molar-refractivity contribution in [3.05, 3.63) is 35.9 Å². The molecule has 1 aromatic rings. The SMILES string of the molecule is C[C@H]1OCCN[C@@H]1C(=O)N1CCC(c2ccccc2)C1.Cl. The number of nitrogens with zero attached hydrogens (tertiary/aromatic N) is 1. The molecule has 0 aromatic heterocycles. The van der Waals surface area contributed by atoms with Gasteiger partial charge in [-0.15, -0.1) is 12.4 Å². The number of carbonyl (C=O) groups excluding carboxylic acids is 1. The van der Waals surface area contributed by atoms with E-state index in [1.165, 1.54) is 5.56 Å². The van der Waals surface area contributed by atoms with E-state index in [0.29, 0.717) is 12.5 Å². The Hall–Kier alpha value is -1.10. The molecule has 21 heavy (non-hydrogen) atoms. The third-order valence-corrected chi connectivity index (χ3v) is 4.35. The number of benzene rings is 1. The Labute approximate surface area is 132 Å². The molecule has 2 fully saturated rings. The number of hydrogen-bond acceptors (Lipinski definition) is 3. The Morgan fingerprint density at radius 1 is 1.33 bits per heavy atom. The van der Waals surface area contributed by atoms with Gasteiger partial charge in [-0.25, -0.2) is 0 Å². The first-order chi connectivity index (χ1) is 9.75. The summed E-state index contributed by atoms with van der Waals surface area (Å²) in [5.74, 6) is 0.663. The molecule has 4 nitrogen and oxygen atoms in total. The molecule has 1 amide bonds. The van der Waals surface area contributed by atoms with Crippen LogP contribution in [0.15, 0.2) is 30.3 Å². The van der Waals surface area contributed by atoms with Crippen LogP contribution in [0.3, 0.4) is 0 Å². The molecule has 3 atom stereocenters. The molecule has 0 radical (unpaired) electrons. The maximum Gasteiger partial charge on any atom is 0.242 e. The highest BCUT2D eigenvalue weighted by Crippen LogP contribution is 2.27. The molecule has 1 unspecified atom stereocenters. The third-order valence-electron chi connectivity index (χ3n) is 4.35. The number of morpholine rings is 1. The van der Waals surface area contributed by atoms with Crippen LogP contribution in [-0.4, -0.2) is 49.2 Å². The fourth-order valence-corrected chi connectivity index (χ4v) is 3.16. The molecular formula is C16H23ClN2O2. The molecule has 2 heterocycles. The summed E-state index contributed by atoms with van der Waals surface area (Å²) in [6.07, 6.45) is 1.02. The highest BCUT2D eigenvalue weighted by atomic mass is 35.5. The average Bonchev–Trinajstić information content (AvgIpc) is 2.98. The Morgan fingerprint density at radius 3 is 2.81 bits per heavy atom. The second kappa shape index (κ2) is 7.25. The summed E-state index contributed by atoms with van der Waals surface area (Å²) in [6, 6.07) is 10.3. The van der Waals surface area contributed by atoms with Crippen molar-refractivity contribution >= 4 is 18.3 Å². The van der Waals surface area contributed by atoms with Gasteiger partial charge >= 0.3 is 0 Å². The quantitative estimate of drug-likeness (QED) is 0.906. The van der Waals surface area contributed by atoms with Crippen LogP contribution < -0.4 is 5.32 Å². The minimum absolute atomic E-state index is 0. The highest BCUT2D eigenvalue weighted by molar-refractivity contribution is 5.85. The summed E-state index contributed by atoms with van der Waals surface area (Å²) in [6.45, 7) is 5.10. The van der Waals surface area contributed by atoms with Crippen LogP contribution in [0.5, 0.6) is 0 Å². The molecule has 2 saturated heterocycles. The molecule has 0 aliphatic carbocycles. The van der Waals surface area contributed by atoms with Crippen molar-refractivity contribution in [1.29, 1.82) is 0 Å². The van der Waals surface area contributed by atoms with Gasteiger partial charge in [-0.3, -0.25) is 4.79 Å². The first-order valence-electron chi connectivity index (χ1n) is 7.44. The summed E-state index contributed by atoms with van der Waals surface area (Å²) < 4.78 is 5.57. The molecule has 5 heteroatoms. The van der Waals surface area contributed by atoms with E-state index in [2.05, 4.69) is 29.6 Å². The lowest BCUT2D eigenvalue weighted by Crippen LogP contribution is -2.56. The predicted octanol–water partition coefficient (Wildman–Crippen LogP) is 1.80. The second-order valence-corrected chi connectivity index (χ2v) is 5.69. The van der Waals surface area contributed by atoms with Gasteiger partial charge in [-0.05, 0) is 18.9 Å². The van der Waals surface area contributed by atoms with Gasteiger partial charge in [0.05, 0.1) is 12.7 Å². The van der Waals surface area contributed by atoms with Crippen molar-refractivity contribution in [2.45, 2.75) is 31.4 Å². The Bertz CT molecular complexity index is 469. The zero-order valence-electron chi connectivity index (χ0n) is 12.3. The molecule has 2 aliphatic rings. The van der Waals surface area contributed by atoms with Gasteiger partial charge in [-0.1, -0.05) is 30.3 Å². The normalized spacial score (nSPS) is 29.0. The van der Waals surface area contributed by atoms with Gasteiger partial charge in [0, 0.05) is 25.6 Å². The average molecular weight is 311 g/mol. The standard InChI is InChI=1S/C16H22N2O2.ClH/c1-12-15(17-8-10-20-12)16(19)18-9-7-14(11-18)13-5-3-2-4-6-13;/h2-6,12,14-15,17H,7-11H2,1H3;1H/t12-,14?,15+;/m1./s1. The monoisotopic (exact) mass is 310 g/mol. The summed E-state index contributed by atoms with van der Waals surface area (Å²) in [4.78, 5) is 14.6. The smallest absolute Gasteiger partial charge is 0.242 e.